The summed E-state index contributed by atoms with van der Waals surface area (Å²) in [5.41, 5.74) is 1.00. The van der Waals surface area contributed by atoms with E-state index < -0.39 is 27.2 Å². The zero-order chi connectivity index (χ0) is 20.3. The highest BCUT2D eigenvalue weighted by molar-refractivity contribution is 7.86. The molecule has 0 saturated carbocycles. The van der Waals surface area contributed by atoms with Crippen LogP contribution in [-0.4, -0.2) is 36.4 Å². The first-order valence-electron chi connectivity index (χ1n) is 8.19. The molecule has 0 radical (unpaired) electrons. The molecule has 2 N–H and O–H groups in total. The number of nitrogens with one attached hydrogen (secondary N) is 1. The van der Waals surface area contributed by atoms with E-state index in [1.807, 2.05) is 0 Å². The van der Waals surface area contributed by atoms with Gasteiger partial charge in [0.15, 0.2) is 10.4 Å². The quantitative estimate of drug-likeness (QED) is 0.464. The number of hydrogen-bond acceptors (Lipinski definition) is 7. The van der Waals surface area contributed by atoms with Crippen LogP contribution in [0.15, 0.2) is 48.5 Å². The van der Waals surface area contributed by atoms with Crippen molar-refractivity contribution in [1.29, 1.82) is 0 Å². The summed E-state index contributed by atoms with van der Waals surface area (Å²) < 4.78 is 38.6. The molecular weight excluding hydrogens is 404 g/mol. The first kappa shape index (κ1) is 19.9. The van der Waals surface area contributed by atoms with E-state index in [1.54, 1.807) is 43.3 Å². The van der Waals surface area contributed by atoms with Crippen molar-refractivity contribution >= 4 is 48.7 Å². The Balaban J connectivity index is 1.88. The number of thiazole rings is 1. The summed E-state index contributed by atoms with van der Waals surface area (Å²) in [6.07, 6.45) is 0. The van der Waals surface area contributed by atoms with Crippen LogP contribution in [0.3, 0.4) is 0 Å². The molecule has 3 aromatic rings. The minimum Gasteiger partial charge on any atom is -0.462 e. The summed E-state index contributed by atoms with van der Waals surface area (Å²) in [5.74, 6) is -1.41. The van der Waals surface area contributed by atoms with Gasteiger partial charge in [0.25, 0.3) is 16.0 Å². The van der Waals surface area contributed by atoms with Crippen LogP contribution in [0.1, 0.15) is 28.1 Å². The molecule has 8 nitrogen and oxygen atoms in total. The molecule has 3 rings (SSSR count). The van der Waals surface area contributed by atoms with Gasteiger partial charge in [-0.1, -0.05) is 41.7 Å². The van der Waals surface area contributed by atoms with Gasteiger partial charge >= 0.3 is 5.97 Å². The number of esters is 1. The second-order valence-electron chi connectivity index (χ2n) is 5.72. The maximum Gasteiger partial charge on any atom is 0.338 e. The summed E-state index contributed by atoms with van der Waals surface area (Å²) in [4.78, 5) is 28.6. The van der Waals surface area contributed by atoms with Gasteiger partial charge in [-0.2, -0.15) is 8.42 Å². The van der Waals surface area contributed by atoms with Gasteiger partial charge in [-0.05, 0) is 30.7 Å². The average molecular weight is 420 g/mol. The Kier molecular flexibility index (Phi) is 5.73. The van der Waals surface area contributed by atoms with Gasteiger partial charge in [-0.15, -0.1) is 0 Å². The summed E-state index contributed by atoms with van der Waals surface area (Å²) in [6.45, 7) is 1.95. The van der Waals surface area contributed by atoms with E-state index in [1.165, 1.54) is 12.1 Å². The molecule has 10 heteroatoms. The summed E-state index contributed by atoms with van der Waals surface area (Å²) >= 11 is 1.07. The molecule has 1 amide bonds. The molecule has 1 unspecified atom stereocenters. The minimum atomic E-state index is -4.69. The zero-order valence-electron chi connectivity index (χ0n) is 14.7. The minimum absolute atomic E-state index is 0.133. The van der Waals surface area contributed by atoms with E-state index in [0.29, 0.717) is 15.8 Å². The lowest BCUT2D eigenvalue weighted by molar-refractivity contribution is -0.116. The van der Waals surface area contributed by atoms with Crippen LogP contribution in [0.4, 0.5) is 5.13 Å². The van der Waals surface area contributed by atoms with Crippen LogP contribution >= 0.6 is 11.3 Å². The number of anilines is 1. The molecule has 0 aliphatic carbocycles. The molecule has 28 heavy (non-hydrogen) atoms. The van der Waals surface area contributed by atoms with E-state index in [4.69, 9.17) is 4.74 Å². The Morgan fingerprint density at radius 3 is 2.57 bits per heavy atom. The largest absolute Gasteiger partial charge is 0.462 e. The van der Waals surface area contributed by atoms with Crippen molar-refractivity contribution in [3.05, 3.63) is 59.7 Å². The number of nitrogens with zero attached hydrogens (tertiary/aromatic N) is 1. The van der Waals surface area contributed by atoms with Crippen LogP contribution in [0, 0.1) is 0 Å². The van der Waals surface area contributed by atoms with Crippen LogP contribution in [0.2, 0.25) is 0 Å². The van der Waals surface area contributed by atoms with Crippen LogP contribution in [0.25, 0.3) is 10.2 Å². The Morgan fingerprint density at radius 2 is 1.93 bits per heavy atom. The summed E-state index contributed by atoms with van der Waals surface area (Å²) in [7, 11) is -4.69. The molecule has 2 aromatic carbocycles. The maximum atomic E-state index is 12.5. The first-order chi connectivity index (χ1) is 13.3. The van der Waals surface area contributed by atoms with Crippen molar-refractivity contribution in [2.75, 3.05) is 11.9 Å². The number of rotatable bonds is 6. The predicted octanol–water partition coefficient (Wildman–Crippen LogP) is 3.04. The van der Waals surface area contributed by atoms with Crippen LogP contribution in [-0.2, 0) is 19.6 Å². The van der Waals surface area contributed by atoms with Crippen molar-refractivity contribution in [2.45, 2.75) is 12.2 Å². The number of ether oxygens (including phenoxy) is 1. The molecule has 0 aliphatic rings. The van der Waals surface area contributed by atoms with Crippen molar-refractivity contribution in [3.63, 3.8) is 0 Å². The van der Waals surface area contributed by atoms with Gasteiger partial charge in [-0.3, -0.25) is 9.35 Å². The number of carbonyl (C=O) groups is 2. The number of fused-ring (bicyclic) bond motifs is 1. The molecule has 146 valence electrons. The second-order valence-corrected chi connectivity index (χ2v) is 8.25. The third-order valence-corrected chi connectivity index (χ3v) is 5.78. The van der Waals surface area contributed by atoms with Crippen LogP contribution in [0.5, 0.6) is 0 Å². The van der Waals surface area contributed by atoms with Gasteiger partial charge in [0.05, 0.1) is 22.4 Å². The highest BCUT2D eigenvalue weighted by Crippen LogP contribution is 2.29. The van der Waals surface area contributed by atoms with Crippen molar-refractivity contribution in [2.24, 2.45) is 0 Å². The Bertz CT molecular complexity index is 1130. The third-order valence-electron chi connectivity index (χ3n) is 3.77. The molecule has 1 aromatic heterocycles. The van der Waals surface area contributed by atoms with E-state index in [0.717, 1.165) is 11.3 Å². The number of aromatic nitrogens is 1. The van der Waals surface area contributed by atoms with E-state index >= 15 is 0 Å². The Morgan fingerprint density at radius 1 is 1.21 bits per heavy atom. The number of carbonyl (C=O) groups excluding carboxylic acids is 2. The maximum absolute atomic E-state index is 12.5. The standard InChI is InChI=1S/C18H16N2O6S2/c1-2-26-17(22)12-8-9-13-14(10-12)27-18(19-13)20-16(21)15(28(23,24)25)11-6-4-3-5-7-11/h3-10,15H,2H2,1H3,(H,19,20,21)(H,23,24,25). The van der Waals surface area contributed by atoms with Crippen LogP contribution < -0.4 is 5.32 Å². The van der Waals surface area contributed by atoms with Gasteiger partial charge < -0.3 is 10.1 Å². The normalized spacial score (nSPS) is 12.5. The monoisotopic (exact) mass is 420 g/mol. The predicted molar refractivity (Wildman–Crippen MR) is 105 cm³/mol. The summed E-state index contributed by atoms with van der Waals surface area (Å²) in [6, 6.07) is 12.4. The number of benzene rings is 2. The second kappa shape index (κ2) is 8.05. The van der Waals surface area contributed by atoms with Gasteiger partial charge in [0, 0.05) is 0 Å². The number of hydrogen-bond donors (Lipinski definition) is 2. The van der Waals surface area contributed by atoms with E-state index in [2.05, 4.69) is 10.3 Å². The van der Waals surface area contributed by atoms with Crippen molar-refractivity contribution in [1.82, 2.24) is 4.98 Å². The SMILES string of the molecule is CCOC(=O)c1ccc2nc(NC(=O)C(c3ccccc3)S(=O)(=O)O)sc2c1. The van der Waals surface area contributed by atoms with Crippen molar-refractivity contribution in [3.8, 4) is 0 Å². The van der Waals surface area contributed by atoms with Gasteiger partial charge in [0.2, 0.25) is 0 Å². The van der Waals surface area contributed by atoms with E-state index in [9.17, 15) is 22.6 Å². The molecule has 0 bridgehead atoms. The Labute approximate surface area is 164 Å². The number of amides is 1. The lowest BCUT2D eigenvalue weighted by Crippen LogP contribution is -2.27. The molecule has 0 aliphatic heterocycles. The lowest BCUT2D eigenvalue weighted by Gasteiger charge is -2.13. The fraction of sp³-hybridized carbons (Fsp3) is 0.167. The molecule has 0 fully saturated rings. The smallest absolute Gasteiger partial charge is 0.338 e. The summed E-state index contributed by atoms with van der Waals surface area (Å²) in [5, 5.41) is 0.786. The van der Waals surface area contributed by atoms with Gasteiger partial charge in [0.1, 0.15) is 0 Å². The first-order valence-corrected chi connectivity index (χ1v) is 10.5. The van der Waals surface area contributed by atoms with E-state index in [-0.39, 0.29) is 17.3 Å². The average Bonchev–Trinajstić information content (AvgIpc) is 3.02. The molecule has 1 heterocycles. The molecular formula is C18H16N2O6S2. The molecule has 0 spiro atoms. The Hall–Kier alpha value is -2.82. The molecule has 0 saturated heterocycles. The lowest BCUT2D eigenvalue weighted by atomic mass is 10.1. The molecule has 1 atom stereocenters. The third kappa shape index (κ3) is 4.35. The van der Waals surface area contributed by atoms with Gasteiger partial charge in [-0.25, -0.2) is 9.78 Å². The van der Waals surface area contributed by atoms with Crippen molar-refractivity contribution < 1.29 is 27.3 Å². The highest BCUT2D eigenvalue weighted by atomic mass is 32.2. The highest BCUT2D eigenvalue weighted by Gasteiger charge is 2.33. The fourth-order valence-corrected chi connectivity index (χ4v) is 4.32. The fourth-order valence-electron chi connectivity index (χ4n) is 2.58. The topological polar surface area (TPSA) is 123 Å². The zero-order valence-corrected chi connectivity index (χ0v) is 16.3.